The molecule has 0 atom stereocenters. The molecular formula is C24H23N5O2. The first-order valence-electron chi connectivity index (χ1n) is 10.5. The normalized spacial score (nSPS) is 16.9. The van der Waals surface area contributed by atoms with E-state index in [0.29, 0.717) is 30.0 Å². The Morgan fingerprint density at radius 1 is 1.00 bits per heavy atom. The Labute approximate surface area is 181 Å². The second-order valence-corrected chi connectivity index (χ2v) is 8.04. The number of nitrogens with zero attached hydrogens (tertiary/aromatic N) is 5. The number of nitriles is 1. The summed E-state index contributed by atoms with van der Waals surface area (Å²) in [6, 6.07) is 15.4. The Bertz CT molecular complexity index is 1150. The van der Waals surface area contributed by atoms with Crippen LogP contribution in [-0.4, -0.2) is 51.4 Å². The van der Waals surface area contributed by atoms with Gasteiger partial charge in [-0.15, -0.1) is 0 Å². The summed E-state index contributed by atoms with van der Waals surface area (Å²) >= 11 is 0. The molecule has 7 heteroatoms. The highest BCUT2D eigenvalue weighted by Crippen LogP contribution is 2.28. The van der Waals surface area contributed by atoms with Crippen LogP contribution in [0.3, 0.4) is 0 Å². The van der Waals surface area contributed by atoms with Crippen molar-refractivity contribution in [2.75, 3.05) is 26.2 Å². The van der Waals surface area contributed by atoms with E-state index in [2.05, 4.69) is 20.5 Å². The molecule has 1 fully saturated rings. The molecule has 0 aliphatic carbocycles. The molecule has 0 N–H and O–H groups in total. The summed E-state index contributed by atoms with van der Waals surface area (Å²) in [7, 11) is 0. The van der Waals surface area contributed by atoms with Crippen LogP contribution in [0.4, 0.5) is 0 Å². The lowest BCUT2D eigenvalue weighted by atomic mass is 10.1. The van der Waals surface area contributed by atoms with Gasteiger partial charge in [0.1, 0.15) is 17.6 Å². The van der Waals surface area contributed by atoms with Gasteiger partial charge in [0.2, 0.25) is 5.91 Å². The van der Waals surface area contributed by atoms with Gasteiger partial charge in [-0.05, 0) is 35.4 Å². The van der Waals surface area contributed by atoms with E-state index in [-0.39, 0.29) is 5.91 Å². The zero-order chi connectivity index (χ0) is 21.2. The quantitative estimate of drug-likeness (QED) is 0.567. The molecule has 0 radical (unpaired) electrons. The van der Waals surface area contributed by atoms with Gasteiger partial charge in [0.15, 0.2) is 0 Å². The maximum Gasteiger partial charge on any atom is 0.227 e. The van der Waals surface area contributed by atoms with Gasteiger partial charge in [-0.1, -0.05) is 18.2 Å². The molecule has 3 aliphatic rings. The van der Waals surface area contributed by atoms with E-state index >= 15 is 0 Å². The Morgan fingerprint density at radius 3 is 2.71 bits per heavy atom. The van der Waals surface area contributed by atoms with E-state index < -0.39 is 0 Å². The first-order valence-corrected chi connectivity index (χ1v) is 10.5. The smallest absolute Gasteiger partial charge is 0.227 e. The van der Waals surface area contributed by atoms with Crippen LogP contribution in [0.5, 0.6) is 11.5 Å². The molecule has 0 spiro atoms. The van der Waals surface area contributed by atoms with Gasteiger partial charge in [0.25, 0.3) is 0 Å². The molecule has 0 unspecified atom stereocenters. The fraction of sp³-hybridized carbons (Fsp3) is 0.292. The molecule has 3 aliphatic heterocycles. The molecule has 6 bridgehead atoms. The Kier molecular flexibility index (Phi) is 5.14. The molecule has 156 valence electrons. The third-order valence-electron chi connectivity index (χ3n) is 5.91. The number of benzene rings is 2. The minimum Gasteiger partial charge on any atom is -0.456 e. The second-order valence-electron chi connectivity index (χ2n) is 8.04. The molecule has 2 aromatic carbocycles. The van der Waals surface area contributed by atoms with E-state index in [1.807, 2.05) is 53.8 Å². The SMILES string of the molecule is N#Cc1ccc2cc1Oc1cccc(c1)CC(=O)N1CCN(CC1)Cc1cncn1C2. The molecule has 31 heavy (non-hydrogen) atoms. The van der Waals surface area contributed by atoms with Crippen LogP contribution in [0.25, 0.3) is 0 Å². The van der Waals surface area contributed by atoms with Crippen molar-refractivity contribution in [3.63, 3.8) is 0 Å². The fourth-order valence-corrected chi connectivity index (χ4v) is 4.18. The van der Waals surface area contributed by atoms with Crippen LogP contribution in [0.1, 0.15) is 22.4 Å². The topological polar surface area (TPSA) is 74.4 Å². The number of hydrogen-bond donors (Lipinski definition) is 0. The molecule has 4 heterocycles. The van der Waals surface area contributed by atoms with Gasteiger partial charge >= 0.3 is 0 Å². The lowest BCUT2D eigenvalue weighted by Gasteiger charge is -2.34. The predicted molar refractivity (Wildman–Crippen MR) is 115 cm³/mol. The lowest BCUT2D eigenvalue weighted by molar-refractivity contribution is -0.132. The average molecular weight is 413 g/mol. The molecular weight excluding hydrogens is 390 g/mol. The van der Waals surface area contributed by atoms with Crippen molar-refractivity contribution in [3.8, 4) is 17.6 Å². The monoisotopic (exact) mass is 413 g/mol. The fourth-order valence-electron chi connectivity index (χ4n) is 4.18. The molecule has 7 nitrogen and oxygen atoms in total. The summed E-state index contributed by atoms with van der Waals surface area (Å²) in [5, 5.41) is 9.53. The Morgan fingerprint density at radius 2 is 1.87 bits per heavy atom. The minimum atomic E-state index is 0.130. The number of hydrogen-bond acceptors (Lipinski definition) is 5. The van der Waals surface area contributed by atoms with Crippen molar-refractivity contribution in [2.24, 2.45) is 0 Å². The van der Waals surface area contributed by atoms with Crippen molar-refractivity contribution in [1.82, 2.24) is 19.4 Å². The van der Waals surface area contributed by atoms with Crippen LogP contribution in [0, 0.1) is 11.3 Å². The zero-order valence-corrected chi connectivity index (χ0v) is 17.2. The molecule has 6 rings (SSSR count). The third kappa shape index (κ3) is 4.16. The number of fused-ring (bicyclic) bond motifs is 3. The summed E-state index contributed by atoms with van der Waals surface area (Å²) < 4.78 is 8.22. The Balaban J connectivity index is 1.54. The number of carbonyl (C=O) groups is 1. The lowest BCUT2D eigenvalue weighted by Crippen LogP contribution is -2.48. The molecule has 0 saturated carbocycles. The maximum absolute atomic E-state index is 12.8. The first-order chi connectivity index (χ1) is 15.2. The van der Waals surface area contributed by atoms with E-state index in [1.54, 1.807) is 6.07 Å². The molecule has 1 aromatic heterocycles. The number of imidazole rings is 1. The van der Waals surface area contributed by atoms with Crippen LogP contribution in [0.2, 0.25) is 0 Å². The number of amides is 1. The average Bonchev–Trinajstić information content (AvgIpc) is 3.20. The predicted octanol–water partition coefficient (Wildman–Crippen LogP) is 2.80. The summed E-state index contributed by atoms with van der Waals surface area (Å²) in [6.45, 7) is 4.60. The largest absolute Gasteiger partial charge is 0.456 e. The standard InChI is InChI=1S/C24H23N5O2/c25-13-20-5-4-19-11-23(20)31-22-3-1-2-18(10-22)12-24(30)28-8-6-27(7-9-28)16-21-14-26-17-29(21)15-19/h1-5,10-11,14,17H,6-9,12,15-16H2. The van der Waals surface area contributed by atoms with E-state index in [1.165, 1.54) is 0 Å². The summed E-state index contributed by atoms with van der Waals surface area (Å²) in [6.07, 6.45) is 4.08. The maximum atomic E-state index is 12.8. The van der Waals surface area contributed by atoms with Crippen molar-refractivity contribution >= 4 is 5.91 Å². The van der Waals surface area contributed by atoms with Gasteiger partial charge < -0.3 is 14.2 Å². The van der Waals surface area contributed by atoms with Gasteiger partial charge in [-0.25, -0.2) is 4.98 Å². The van der Waals surface area contributed by atoms with Gasteiger partial charge in [0, 0.05) is 45.5 Å². The van der Waals surface area contributed by atoms with Crippen LogP contribution >= 0.6 is 0 Å². The summed E-state index contributed by atoms with van der Waals surface area (Å²) in [4.78, 5) is 21.5. The first kappa shape index (κ1) is 19.3. The van der Waals surface area contributed by atoms with Crippen LogP contribution in [0.15, 0.2) is 55.0 Å². The van der Waals surface area contributed by atoms with E-state index in [4.69, 9.17) is 4.74 Å². The molecule has 1 saturated heterocycles. The zero-order valence-electron chi connectivity index (χ0n) is 17.2. The Hall–Kier alpha value is -3.63. The number of ether oxygens (including phenoxy) is 1. The van der Waals surface area contributed by atoms with Crippen molar-refractivity contribution in [3.05, 3.63) is 77.4 Å². The number of rotatable bonds is 0. The van der Waals surface area contributed by atoms with Crippen LogP contribution < -0.4 is 4.74 Å². The number of carbonyl (C=O) groups excluding carboxylic acids is 1. The van der Waals surface area contributed by atoms with Gasteiger partial charge in [-0.2, -0.15) is 5.26 Å². The highest BCUT2D eigenvalue weighted by molar-refractivity contribution is 5.79. The van der Waals surface area contributed by atoms with Gasteiger partial charge in [-0.3, -0.25) is 9.69 Å². The molecule has 3 aromatic rings. The number of piperazine rings is 1. The molecule has 1 amide bonds. The van der Waals surface area contributed by atoms with Crippen molar-refractivity contribution in [2.45, 2.75) is 19.5 Å². The van der Waals surface area contributed by atoms with Crippen LogP contribution in [-0.2, 0) is 24.3 Å². The van der Waals surface area contributed by atoms with Crippen molar-refractivity contribution in [1.29, 1.82) is 5.26 Å². The summed E-state index contributed by atoms with van der Waals surface area (Å²) in [5.41, 5.74) is 3.55. The number of aromatic nitrogens is 2. The third-order valence-corrected chi connectivity index (χ3v) is 5.91. The van der Waals surface area contributed by atoms with Gasteiger partial charge in [0.05, 0.1) is 24.0 Å². The second kappa shape index (κ2) is 8.25. The van der Waals surface area contributed by atoms with Crippen molar-refractivity contribution < 1.29 is 9.53 Å². The summed E-state index contributed by atoms with van der Waals surface area (Å²) in [5.74, 6) is 1.27. The van der Waals surface area contributed by atoms with E-state index in [0.717, 1.165) is 49.5 Å². The highest BCUT2D eigenvalue weighted by atomic mass is 16.5. The highest BCUT2D eigenvalue weighted by Gasteiger charge is 2.22. The van der Waals surface area contributed by atoms with E-state index in [9.17, 15) is 10.1 Å². The minimum absolute atomic E-state index is 0.130.